The number of nitrogens with zero attached hydrogens (tertiary/aromatic N) is 1. The van der Waals surface area contributed by atoms with E-state index in [1.165, 1.54) is 51.9 Å². The fourth-order valence-corrected chi connectivity index (χ4v) is 4.49. The molecule has 1 aromatic carbocycles. The van der Waals surface area contributed by atoms with Crippen LogP contribution in [0.4, 0.5) is 0 Å². The van der Waals surface area contributed by atoms with Gasteiger partial charge in [0.15, 0.2) is 22.8 Å². The molecule has 1 aliphatic carbocycles. The Kier molecular flexibility index (Phi) is 9.80. The minimum absolute atomic E-state index is 0.133. The molecule has 0 N–H and O–H groups in total. The second-order valence-corrected chi connectivity index (χ2v) is 10.2. The van der Waals surface area contributed by atoms with Gasteiger partial charge in [-0.3, -0.25) is 4.79 Å². The number of hydrogen-bond acceptors (Lipinski definition) is 6. The summed E-state index contributed by atoms with van der Waals surface area (Å²) < 4.78 is 22.8. The predicted molar refractivity (Wildman–Crippen MR) is 146 cm³/mol. The number of aromatic nitrogens is 1. The van der Waals surface area contributed by atoms with E-state index in [1.807, 2.05) is 18.2 Å². The Labute approximate surface area is 215 Å². The molecule has 0 aromatic heterocycles. The Hall–Kier alpha value is -3.02. The van der Waals surface area contributed by atoms with Crippen LogP contribution in [0.2, 0.25) is 0 Å². The summed E-state index contributed by atoms with van der Waals surface area (Å²) in [7, 11) is 2.94. The van der Waals surface area contributed by atoms with E-state index in [9.17, 15) is 4.79 Å². The minimum Gasteiger partial charge on any atom is -0.494 e. The van der Waals surface area contributed by atoms with E-state index in [-0.39, 0.29) is 16.9 Å². The number of fused-ring (bicyclic) bond motifs is 2. The van der Waals surface area contributed by atoms with Crippen LogP contribution >= 0.6 is 0 Å². The van der Waals surface area contributed by atoms with E-state index in [0.29, 0.717) is 40.6 Å². The van der Waals surface area contributed by atoms with Crippen molar-refractivity contribution in [1.29, 1.82) is 0 Å². The summed E-state index contributed by atoms with van der Waals surface area (Å²) in [6.45, 7) is 11.4. The highest BCUT2D eigenvalue weighted by Crippen LogP contribution is 2.39. The van der Waals surface area contributed by atoms with Crippen molar-refractivity contribution in [1.82, 2.24) is 4.98 Å². The molecule has 2 unspecified atom stereocenters. The third-order valence-electron chi connectivity index (χ3n) is 6.79. The van der Waals surface area contributed by atoms with Gasteiger partial charge in [0.05, 0.1) is 20.8 Å². The smallest absolute Gasteiger partial charge is 0.231 e. The van der Waals surface area contributed by atoms with Crippen LogP contribution in [-0.2, 0) is 0 Å². The summed E-state index contributed by atoms with van der Waals surface area (Å²) in [4.78, 5) is 17.3. The molecule has 6 nitrogen and oxygen atoms in total. The number of ether oxygens (including phenoxy) is 3. The molecule has 3 rings (SSSR count). The lowest BCUT2D eigenvalue weighted by Crippen LogP contribution is -2.14. The first kappa shape index (κ1) is 27.6. The van der Waals surface area contributed by atoms with Gasteiger partial charge in [-0.05, 0) is 64.0 Å². The number of methoxy groups -OCH3 is 2. The molecule has 6 heteroatoms. The Morgan fingerprint density at radius 1 is 1.03 bits per heavy atom. The first-order valence-corrected chi connectivity index (χ1v) is 13.0. The van der Waals surface area contributed by atoms with Gasteiger partial charge < -0.3 is 18.6 Å². The van der Waals surface area contributed by atoms with Crippen LogP contribution in [0.3, 0.4) is 0 Å². The summed E-state index contributed by atoms with van der Waals surface area (Å²) in [5, 5.41) is 0. The zero-order valence-electron chi connectivity index (χ0n) is 22.9. The molecule has 0 bridgehead atoms. The Bertz CT molecular complexity index is 1210. The summed E-state index contributed by atoms with van der Waals surface area (Å²) in [6.07, 6.45) is 9.59. The zero-order chi connectivity index (χ0) is 26.2. The number of allylic oxidation sites excluding steroid dienone is 2. The lowest BCUT2D eigenvalue weighted by molar-refractivity contribution is 0.275. The molecule has 2 aliphatic rings. The van der Waals surface area contributed by atoms with Gasteiger partial charge >= 0.3 is 0 Å². The van der Waals surface area contributed by atoms with Crippen molar-refractivity contribution < 1.29 is 18.6 Å². The highest BCUT2D eigenvalue weighted by molar-refractivity contribution is 5.81. The number of hydrogen-bond donors (Lipinski definition) is 0. The van der Waals surface area contributed by atoms with Crippen molar-refractivity contribution in [2.24, 2.45) is 11.8 Å². The van der Waals surface area contributed by atoms with Crippen LogP contribution in [0, 0.1) is 18.8 Å². The van der Waals surface area contributed by atoms with E-state index in [1.54, 1.807) is 6.92 Å². The molecule has 1 heterocycles. The van der Waals surface area contributed by atoms with Gasteiger partial charge in [-0.1, -0.05) is 44.8 Å². The van der Waals surface area contributed by atoms with Crippen LogP contribution < -0.4 is 19.6 Å². The Balaban J connectivity index is 1.59. The maximum absolute atomic E-state index is 12.6. The first-order valence-electron chi connectivity index (χ1n) is 13.0. The van der Waals surface area contributed by atoms with E-state index in [0.717, 1.165) is 18.1 Å². The highest BCUT2D eigenvalue weighted by Gasteiger charge is 2.26. The quantitative estimate of drug-likeness (QED) is 0.180. The summed E-state index contributed by atoms with van der Waals surface area (Å²) in [5.41, 5.74) is 3.26. The fourth-order valence-electron chi connectivity index (χ4n) is 4.49. The molecule has 0 saturated carbocycles. The van der Waals surface area contributed by atoms with Gasteiger partial charge in [0.25, 0.3) is 0 Å². The fraction of sp³-hybridized carbons (Fsp3) is 0.533. The normalized spacial score (nSPS) is 13.0. The van der Waals surface area contributed by atoms with Gasteiger partial charge in [0.2, 0.25) is 11.2 Å². The van der Waals surface area contributed by atoms with Gasteiger partial charge in [-0.2, -0.15) is 0 Å². The van der Waals surface area contributed by atoms with Crippen LogP contribution in [0.1, 0.15) is 71.8 Å². The van der Waals surface area contributed by atoms with E-state index >= 15 is 0 Å². The summed E-state index contributed by atoms with van der Waals surface area (Å²) in [5.74, 6) is 2.95. The molecule has 36 heavy (non-hydrogen) atoms. The van der Waals surface area contributed by atoms with Crippen molar-refractivity contribution in [3.05, 3.63) is 45.6 Å². The van der Waals surface area contributed by atoms with Crippen LogP contribution in [0.15, 0.2) is 39.1 Å². The Morgan fingerprint density at radius 2 is 1.72 bits per heavy atom. The molecule has 1 aliphatic heterocycles. The second kappa shape index (κ2) is 12.8. The lowest BCUT2D eigenvalue weighted by atomic mass is 9.94. The first-order chi connectivity index (χ1) is 17.2. The summed E-state index contributed by atoms with van der Waals surface area (Å²) in [6, 6.07) is 5.58. The molecule has 1 aromatic rings. The van der Waals surface area contributed by atoms with Gasteiger partial charge in [-0.15, -0.1) is 0 Å². The topological polar surface area (TPSA) is 70.8 Å². The highest BCUT2D eigenvalue weighted by atomic mass is 16.5. The van der Waals surface area contributed by atoms with Crippen molar-refractivity contribution in [3.63, 3.8) is 0 Å². The third kappa shape index (κ3) is 6.80. The standard InChI is InChI=1S/C30H41NO5/c1-19(2)10-8-11-20(3)12-9-13-21(4)16-17-35-23-14-15-25-24(18-23)31-26-28(36-25)22(5)27(32)30(34-7)29(26)33-6/h10,14-15,18,20-21H,8-9,11-13,16-17H2,1-7H3. The molecule has 0 spiro atoms. The van der Waals surface area contributed by atoms with Crippen molar-refractivity contribution in [2.45, 2.75) is 73.1 Å². The van der Waals surface area contributed by atoms with Crippen molar-refractivity contribution in [2.75, 3.05) is 20.8 Å². The molecule has 0 amide bonds. The molecule has 2 atom stereocenters. The van der Waals surface area contributed by atoms with Crippen molar-refractivity contribution in [3.8, 4) is 28.7 Å². The third-order valence-corrected chi connectivity index (χ3v) is 6.79. The van der Waals surface area contributed by atoms with Gasteiger partial charge in [0, 0.05) is 11.6 Å². The van der Waals surface area contributed by atoms with E-state index < -0.39 is 0 Å². The van der Waals surface area contributed by atoms with Crippen LogP contribution in [-0.4, -0.2) is 25.8 Å². The lowest BCUT2D eigenvalue weighted by Gasteiger charge is -2.16. The summed E-state index contributed by atoms with van der Waals surface area (Å²) >= 11 is 0. The average Bonchev–Trinajstić information content (AvgIpc) is 2.84. The van der Waals surface area contributed by atoms with E-state index in [2.05, 4.69) is 33.8 Å². The minimum atomic E-state index is -0.265. The monoisotopic (exact) mass is 495 g/mol. The van der Waals surface area contributed by atoms with Gasteiger partial charge in [-0.25, -0.2) is 4.98 Å². The molecular formula is C30H41NO5. The maximum Gasteiger partial charge on any atom is 0.231 e. The molecular weight excluding hydrogens is 454 g/mol. The van der Waals surface area contributed by atoms with Crippen molar-refractivity contribution >= 4 is 11.1 Å². The Morgan fingerprint density at radius 3 is 2.39 bits per heavy atom. The SMILES string of the molecule is COc1c2nc3cc(OCCC(C)CCCC(C)CCC=C(C)C)ccc3oc-2c(C)c(=O)c1OC. The predicted octanol–water partition coefficient (Wildman–Crippen LogP) is 7.58. The number of benzene rings is 2. The molecule has 196 valence electrons. The molecule has 0 fully saturated rings. The van der Waals surface area contributed by atoms with Crippen LogP contribution in [0.5, 0.6) is 17.2 Å². The second-order valence-electron chi connectivity index (χ2n) is 10.2. The molecule has 0 saturated heterocycles. The largest absolute Gasteiger partial charge is 0.494 e. The van der Waals surface area contributed by atoms with Crippen LogP contribution in [0.25, 0.3) is 22.6 Å². The average molecular weight is 496 g/mol. The van der Waals surface area contributed by atoms with E-state index in [4.69, 9.17) is 23.6 Å². The zero-order valence-corrected chi connectivity index (χ0v) is 22.9. The van der Waals surface area contributed by atoms with Gasteiger partial charge in [0.1, 0.15) is 11.3 Å². The number of rotatable bonds is 13. The maximum atomic E-state index is 12.6. The molecule has 0 radical (unpaired) electrons.